The van der Waals surface area contributed by atoms with E-state index in [1.807, 2.05) is 25.1 Å². The van der Waals surface area contributed by atoms with E-state index in [0.29, 0.717) is 13.2 Å². The third-order valence-electron chi connectivity index (χ3n) is 2.54. The molecule has 0 atom stereocenters. The van der Waals surface area contributed by atoms with Gasteiger partial charge in [0, 0.05) is 11.0 Å². The average molecular weight is 327 g/mol. The van der Waals surface area contributed by atoms with E-state index in [0.717, 1.165) is 32.4 Å². The summed E-state index contributed by atoms with van der Waals surface area (Å²) < 4.78 is 9.32. The number of nitrogens with zero attached hydrogens (tertiary/aromatic N) is 1. The fourth-order valence-electron chi connectivity index (χ4n) is 1.76. The molecule has 5 heteroatoms. The van der Waals surface area contributed by atoms with Crippen LogP contribution < -0.4 is 0 Å². The Labute approximate surface area is 120 Å². The van der Waals surface area contributed by atoms with Crippen LogP contribution in [0.4, 0.5) is 0 Å². The number of rotatable bonds is 5. The summed E-state index contributed by atoms with van der Waals surface area (Å²) in [5.41, 5.74) is 3.16. The number of fused-ring (bicyclic) bond motifs is 1. The molecule has 18 heavy (non-hydrogen) atoms. The molecule has 0 aliphatic rings. The van der Waals surface area contributed by atoms with Gasteiger partial charge in [-0.15, -0.1) is 0 Å². The number of ether oxygens (including phenoxy) is 1. The van der Waals surface area contributed by atoms with Crippen LogP contribution in [0.5, 0.6) is 0 Å². The number of H-pyrrole nitrogens is 1. The van der Waals surface area contributed by atoms with Gasteiger partial charge in [-0.2, -0.15) is 0 Å². The van der Waals surface area contributed by atoms with E-state index in [1.165, 1.54) is 0 Å². The van der Waals surface area contributed by atoms with Crippen LogP contribution in [0.15, 0.2) is 34.8 Å². The number of halogens is 1. The molecule has 0 amide bonds. The van der Waals surface area contributed by atoms with Gasteiger partial charge in [-0.25, -0.2) is 0 Å². The summed E-state index contributed by atoms with van der Waals surface area (Å²) in [5, 5.41) is 0. The van der Waals surface area contributed by atoms with Crippen molar-refractivity contribution in [3.8, 4) is 0 Å². The molecule has 0 spiro atoms. The summed E-state index contributed by atoms with van der Waals surface area (Å²) in [7, 11) is 0. The number of nitrogens with one attached hydrogen (secondary N) is 1. The van der Waals surface area contributed by atoms with Gasteiger partial charge < -0.3 is 14.3 Å². The fourth-order valence-corrected chi connectivity index (χ4v) is 2.42. The lowest BCUT2D eigenvalue weighted by molar-refractivity contribution is 0.148. The highest BCUT2D eigenvalue weighted by Crippen LogP contribution is 2.19. The maximum Gasteiger partial charge on any atom is 0.178 e. The van der Waals surface area contributed by atoms with Crippen molar-refractivity contribution in [2.24, 2.45) is 0 Å². The monoisotopic (exact) mass is 326 g/mol. The average Bonchev–Trinajstić information content (AvgIpc) is 2.59. The van der Waals surface area contributed by atoms with Gasteiger partial charge >= 0.3 is 0 Å². The van der Waals surface area contributed by atoms with Crippen LogP contribution in [-0.4, -0.2) is 22.8 Å². The standard InChI is InChI=1S/C13H15BrN2OS/c1-9(2)8-17-6-5-16-12-4-3-10(14)7-11(12)15-13(16)18/h3-4,7H,1,5-6,8H2,2H3,(H,15,18). The zero-order valence-electron chi connectivity index (χ0n) is 10.2. The molecule has 0 saturated carbocycles. The van der Waals surface area contributed by atoms with Crippen LogP contribution in [-0.2, 0) is 11.3 Å². The highest BCUT2D eigenvalue weighted by Gasteiger charge is 2.04. The van der Waals surface area contributed by atoms with Gasteiger partial charge in [0.25, 0.3) is 0 Å². The molecule has 0 fully saturated rings. The Balaban J connectivity index is 2.15. The minimum atomic E-state index is 0.598. The molecule has 1 heterocycles. The first-order chi connectivity index (χ1) is 8.58. The zero-order chi connectivity index (χ0) is 13.1. The first-order valence-electron chi connectivity index (χ1n) is 5.68. The molecule has 0 unspecified atom stereocenters. The third kappa shape index (κ3) is 3.10. The second-order valence-corrected chi connectivity index (χ2v) is 5.56. The van der Waals surface area contributed by atoms with E-state index < -0.39 is 0 Å². The first kappa shape index (κ1) is 13.5. The van der Waals surface area contributed by atoms with Crippen molar-refractivity contribution in [1.29, 1.82) is 0 Å². The molecule has 0 saturated heterocycles. The summed E-state index contributed by atoms with van der Waals surface area (Å²) in [4.78, 5) is 3.19. The smallest absolute Gasteiger partial charge is 0.178 e. The predicted octanol–water partition coefficient (Wildman–Crippen LogP) is 4.05. The number of benzene rings is 1. The van der Waals surface area contributed by atoms with Crippen molar-refractivity contribution in [1.82, 2.24) is 9.55 Å². The summed E-state index contributed by atoms with van der Waals surface area (Å²) >= 11 is 8.76. The van der Waals surface area contributed by atoms with Gasteiger partial charge in [0.15, 0.2) is 4.77 Å². The lowest BCUT2D eigenvalue weighted by Crippen LogP contribution is -2.07. The Kier molecular flexibility index (Phi) is 4.37. The van der Waals surface area contributed by atoms with Crippen LogP contribution >= 0.6 is 28.1 Å². The van der Waals surface area contributed by atoms with Crippen molar-refractivity contribution in [3.05, 3.63) is 39.6 Å². The van der Waals surface area contributed by atoms with Gasteiger partial charge in [-0.3, -0.25) is 0 Å². The van der Waals surface area contributed by atoms with E-state index in [1.54, 1.807) is 0 Å². The molecule has 0 aliphatic carbocycles. The van der Waals surface area contributed by atoms with Crippen LogP contribution in [0.3, 0.4) is 0 Å². The Morgan fingerprint density at radius 1 is 1.56 bits per heavy atom. The summed E-state index contributed by atoms with van der Waals surface area (Å²) in [6, 6.07) is 6.08. The van der Waals surface area contributed by atoms with Gasteiger partial charge in [-0.1, -0.05) is 28.1 Å². The maximum atomic E-state index is 5.51. The lowest BCUT2D eigenvalue weighted by atomic mass is 10.3. The second-order valence-electron chi connectivity index (χ2n) is 4.25. The summed E-state index contributed by atoms with van der Waals surface area (Å²) in [6.07, 6.45) is 0. The topological polar surface area (TPSA) is 29.9 Å². The Bertz CT molecular complexity index is 629. The molecule has 0 radical (unpaired) electrons. The Hall–Kier alpha value is -0.910. The summed E-state index contributed by atoms with van der Waals surface area (Å²) in [6.45, 7) is 7.73. The molecule has 2 rings (SSSR count). The molecule has 0 aliphatic heterocycles. The highest BCUT2D eigenvalue weighted by atomic mass is 79.9. The Morgan fingerprint density at radius 3 is 3.06 bits per heavy atom. The molecule has 96 valence electrons. The number of hydrogen-bond acceptors (Lipinski definition) is 2. The van der Waals surface area contributed by atoms with Crippen molar-refractivity contribution >= 4 is 39.2 Å². The van der Waals surface area contributed by atoms with Crippen molar-refractivity contribution in [2.75, 3.05) is 13.2 Å². The third-order valence-corrected chi connectivity index (χ3v) is 3.36. The SMILES string of the molecule is C=C(C)COCCn1c(=S)[nH]c2cc(Br)ccc21. The quantitative estimate of drug-likeness (QED) is 0.510. The molecular formula is C13H15BrN2OS. The number of imidazole rings is 1. The van der Waals surface area contributed by atoms with E-state index in [-0.39, 0.29) is 0 Å². The molecule has 3 nitrogen and oxygen atoms in total. The van der Waals surface area contributed by atoms with Crippen LogP contribution in [0, 0.1) is 4.77 Å². The largest absolute Gasteiger partial charge is 0.375 e. The highest BCUT2D eigenvalue weighted by molar-refractivity contribution is 9.10. The minimum Gasteiger partial charge on any atom is -0.375 e. The number of aromatic amines is 1. The van der Waals surface area contributed by atoms with Gasteiger partial charge in [0.2, 0.25) is 0 Å². The minimum absolute atomic E-state index is 0.598. The van der Waals surface area contributed by atoms with E-state index in [2.05, 4.69) is 32.1 Å². The molecule has 1 N–H and O–H groups in total. The van der Waals surface area contributed by atoms with Gasteiger partial charge in [-0.05, 0) is 37.3 Å². The van der Waals surface area contributed by atoms with Crippen LogP contribution in [0.1, 0.15) is 6.92 Å². The second kappa shape index (κ2) is 5.82. The van der Waals surface area contributed by atoms with E-state index in [9.17, 15) is 0 Å². The van der Waals surface area contributed by atoms with Crippen LogP contribution in [0.2, 0.25) is 0 Å². The lowest BCUT2D eigenvalue weighted by Gasteiger charge is -2.06. The normalized spacial score (nSPS) is 11.0. The number of aromatic nitrogens is 2. The molecule has 0 bridgehead atoms. The van der Waals surface area contributed by atoms with Crippen molar-refractivity contribution in [3.63, 3.8) is 0 Å². The van der Waals surface area contributed by atoms with Crippen molar-refractivity contribution in [2.45, 2.75) is 13.5 Å². The van der Waals surface area contributed by atoms with E-state index in [4.69, 9.17) is 17.0 Å². The van der Waals surface area contributed by atoms with Crippen LogP contribution in [0.25, 0.3) is 11.0 Å². The van der Waals surface area contributed by atoms with Crippen molar-refractivity contribution < 1.29 is 4.74 Å². The van der Waals surface area contributed by atoms with Gasteiger partial charge in [0.05, 0.1) is 24.2 Å². The molecule has 2 aromatic rings. The Morgan fingerprint density at radius 2 is 2.33 bits per heavy atom. The maximum absolute atomic E-state index is 5.51. The van der Waals surface area contributed by atoms with Gasteiger partial charge in [0.1, 0.15) is 0 Å². The van der Waals surface area contributed by atoms with E-state index >= 15 is 0 Å². The fraction of sp³-hybridized carbons (Fsp3) is 0.308. The predicted molar refractivity (Wildman–Crippen MR) is 80.5 cm³/mol. The number of hydrogen-bond donors (Lipinski definition) is 1. The first-order valence-corrected chi connectivity index (χ1v) is 6.88. The molecule has 1 aromatic carbocycles. The zero-order valence-corrected chi connectivity index (χ0v) is 12.6. The molecule has 1 aromatic heterocycles. The summed E-state index contributed by atoms with van der Waals surface area (Å²) in [5.74, 6) is 0. The molecular weight excluding hydrogens is 312 g/mol.